The van der Waals surface area contributed by atoms with Crippen molar-refractivity contribution in [1.29, 1.82) is 0 Å². The Bertz CT molecular complexity index is 864. The Hall–Kier alpha value is -2.15. The second-order valence-electron chi connectivity index (χ2n) is 9.00. The number of pyridine rings is 1. The Morgan fingerprint density at radius 1 is 1.10 bits per heavy atom. The molecular weight excluding hydrogens is 381 g/mol. The molecule has 1 atom stereocenters. The van der Waals surface area contributed by atoms with Gasteiger partial charge in [0.1, 0.15) is 11.5 Å². The van der Waals surface area contributed by atoms with Crippen molar-refractivity contribution >= 4 is 5.78 Å². The first-order valence-corrected chi connectivity index (χ1v) is 10.7. The van der Waals surface area contributed by atoms with E-state index in [-0.39, 0.29) is 17.2 Å². The summed E-state index contributed by atoms with van der Waals surface area (Å²) >= 11 is 0. The van der Waals surface area contributed by atoms with Gasteiger partial charge in [0.05, 0.1) is 11.1 Å². The molecule has 2 aromatic rings. The van der Waals surface area contributed by atoms with E-state index in [4.69, 9.17) is 4.74 Å². The van der Waals surface area contributed by atoms with E-state index in [1.165, 1.54) is 12.1 Å². The van der Waals surface area contributed by atoms with Gasteiger partial charge in [-0.05, 0) is 50.1 Å². The molecule has 2 fully saturated rings. The lowest BCUT2D eigenvalue weighted by atomic mass is 9.75. The summed E-state index contributed by atoms with van der Waals surface area (Å²) in [7, 11) is 0. The van der Waals surface area contributed by atoms with E-state index >= 15 is 0 Å². The summed E-state index contributed by atoms with van der Waals surface area (Å²) in [5.74, 6) is -0.105. The molecule has 0 spiro atoms. The molecule has 3 heterocycles. The lowest BCUT2D eigenvalue weighted by molar-refractivity contribution is -0.113. The Morgan fingerprint density at radius 3 is 2.47 bits per heavy atom. The first-order valence-electron chi connectivity index (χ1n) is 10.7. The standard InChI is InChI=1S/C24H30FN3O2/c1-23(2)18-24(10-16-30-23,22(29)21-5-3-4-11-26-21)28-14-12-27(13-15-28)17-19-6-8-20(25)9-7-19/h3-9,11H,10,12-18H2,1-2H3. The number of rotatable bonds is 5. The minimum atomic E-state index is -0.585. The van der Waals surface area contributed by atoms with Gasteiger partial charge in [-0.3, -0.25) is 19.6 Å². The Balaban J connectivity index is 1.51. The molecule has 4 rings (SSSR count). The van der Waals surface area contributed by atoms with Crippen LogP contribution >= 0.6 is 0 Å². The maximum atomic E-state index is 13.7. The third-order valence-corrected chi connectivity index (χ3v) is 6.34. The molecule has 2 aliphatic rings. The van der Waals surface area contributed by atoms with Gasteiger partial charge in [-0.1, -0.05) is 18.2 Å². The lowest BCUT2D eigenvalue weighted by Crippen LogP contribution is -2.65. The Labute approximate surface area is 177 Å². The van der Waals surface area contributed by atoms with Crippen molar-refractivity contribution in [3.8, 4) is 0 Å². The minimum Gasteiger partial charge on any atom is -0.375 e. The maximum Gasteiger partial charge on any atom is 0.201 e. The third-order valence-electron chi connectivity index (χ3n) is 6.34. The van der Waals surface area contributed by atoms with Crippen molar-refractivity contribution in [1.82, 2.24) is 14.8 Å². The zero-order valence-electron chi connectivity index (χ0n) is 17.8. The fourth-order valence-corrected chi connectivity index (χ4v) is 4.86. The van der Waals surface area contributed by atoms with Gasteiger partial charge in [-0.25, -0.2) is 4.39 Å². The number of nitrogens with zero attached hydrogens (tertiary/aromatic N) is 3. The molecule has 0 radical (unpaired) electrons. The van der Waals surface area contributed by atoms with Crippen LogP contribution in [0.4, 0.5) is 4.39 Å². The number of benzene rings is 1. The molecule has 1 aromatic heterocycles. The molecule has 0 aliphatic carbocycles. The molecule has 2 aliphatic heterocycles. The first-order chi connectivity index (χ1) is 14.4. The highest BCUT2D eigenvalue weighted by Gasteiger charge is 2.51. The first kappa shape index (κ1) is 21.1. The number of halogens is 1. The van der Waals surface area contributed by atoms with Crippen molar-refractivity contribution in [2.24, 2.45) is 0 Å². The van der Waals surface area contributed by atoms with Crippen LogP contribution in [0.15, 0.2) is 48.7 Å². The van der Waals surface area contributed by atoms with E-state index in [1.807, 2.05) is 30.3 Å². The average Bonchev–Trinajstić information content (AvgIpc) is 2.75. The normalized spacial score (nSPS) is 25.2. The van der Waals surface area contributed by atoms with Gasteiger partial charge in [-0.2, -0.15) is 0 Å². The van der Waals surface area contributed by atoms with Crippen LogP contribution in [0, 0.1) is 5.82 Å². The SMILES string of the molecule is CC1(C)CC(C(=O)c2ccccn2)(N2CCN(Cc3ccc(F)cc3)CC2)CCO1. The zero-order valence-corrected chi connectivity index (χ0v) is 17.8. The molecule has 0 bridgehead atoms. The summed E-state index contributed by atoms with van der Waals surface area (Å²) in [5, 5.41) is 0. The number of aromatic nitrogens is 1. The largest absolute Gasteiger partial charge is 0.375 e. The van der Waals surface area contributed by atoms with Gasteiger partial charge in [-0.15, -0.1) is 0 Å². The van der Waals surface area contributed by atoms with Gasteiger partial charge in [0.15, 0.2) is 0 Å². The Kier molecular flexibility index (Phi) is 6.00. The molecular formula is C24H30FN3O2. The highest BCUT2D eigenvalue weighted by atomic mass is 19.1. The summed E-state index contributed by atoms with van der Waals surface area (Å²) < 4.78 is 19.1. The number of hydrogen-bond acceptors (Lipinski definition) is 5. The zero-order chi connectivity index (χ0) is 21.2. The van der Waals surface area contributed by atoms with Crippen LogP contribution in [0.25, 0.3) is 0 Å². The van der Waals surface area contributed by atoms with Crippen LogP contribution in [0.5, 0.6) is 0 Å². The van der Waals surface area contributed by atoms with Gasteiger partial charge in [0, 0.05) is 51.9 Å². The number of piperazine rings is 1. The van der Waals surface area contributed by atoms with E-state index in [9.17, 15) is 9.18 Å². The highest BCUT2D eigenvalue weighted by molar-refractivity contribution is 6.02. The van der Waals surface area contributed by atoms with Crippen molar-refractivity contribution in [3.05, 3.63) is 65.7 Å². The fourth-order valence-electron chi connectivity index (χ4n) is 4.86. The third kappa shape index (κ3) is 4.46. The molecule has 0 saturated carbocycles. The lowest BCUT2D eigenvalue weighted by Gasteiger charge is -2.52. The van der Waals surface area contributed by atoms with E-state index in [1.54, 1.807) is 6.20 Å². The van der Waals surface area contributed by atoms with Crippen molar-refractivity contribution in [3.63, 3.8) is 0 Å². The number of Topliss-reactive ketones (excluding diaryl/α,β-unsaturated/α-hetero) is 1. The fraction of sp³-hybridized carbons (Fsp3) is 0.500. The second kappa shape index (κ2) is 8.53. The van der Waals surface area contributed by atoms with Crippen LogP contribution in [0.2, 0.25) is 0 Å². The molecule has 0 amide bonds. The number of hydrogen-bond donors (Lipinski definition) is 0. The summed E-state index contributed by atoms with van der Waals surface area (Å²) in [6, 6.07) is 12.2. The van der Waals surface area contributed by atoms with Crippen LogP contribution in [-0.4, -0.2) is 64.5 Å². The van der Waals surface area contributed by atoms with E-state index in [2.05, 4.69) is 28.6 Å². The van der Waals surface area contributed by atoms with Crippen LogP contribution in [0.1, 0.15) is 42.7 Å². The van der Waals surface area contributed by atoms with Crippen LogP contribution in [-0.2, 0) is 11.3 Å². The molecule has 30 heavy (non-hydrogen) atoms. The number of carbonyl (C=O) groups excluding carboxylic acids is 1. The molecule has 6 heteroatoms. The van der Waals surface area contributed by atoms with Crippen molar-refractivity contribution < 1.29 is 13.9 Å². The van der Waals surface area contributed by atoms with E-state index < -0.39 is 5.54 Å². The second-order valence-corrected chi connectivity index (χ2v) is 9.00. The smallest absolute Gasteiger partial charge is 0.201 e. The van der Waals surface area contributed by atoms with Crippen LogP contribution < -0.4 is 0 Å². The average molecular weight is 412 g/mol. The quantitative estimate of drug-likeness (QED) is 0.704. The van der Waals surface area contributed by atoms with Crippen molar-refractivity contribution in [2.75, 3.05) is 32.8 Å². The molecule has 2 saturated heterocycles. The van der Waals surface area contributed by atoms with Gasteiger partial charge < -0.3 is 4.74 Å². The highest BCUT2D eigenvalue weighted by Crippen LogP contribution is 2.39. The molecule has 160 valence electrons. The van der Waals surface area contributed by atoms with Gasteiger partial charge >= 0.3 is 0 Å². The molecule has 1 unspecified atom stereocenters. The van der Waals surface area contributed by atoms with E-state index in [0.29, 0.717) is 25.1 Å². The van der Waals surface area contributed by atoms with Crippen molar-refractivity contribution in [2.45, 2.75) is 44.4 Å². The Morgan fingerprint density at radius 2 is 1.83 bits per heavy atom. The minimum absolute atomic E-state index is 0.103. The molecule has 0 N–H and O–H groups in total. The number of carbonyl (C=O) groups is 1. The number of ketones is 1. The predicted molar refractivity (Wildman–Crippen MR) is 114 cm³/mol. The number of ether oxygens (including phenoxy) is 1. The van der Waals surface area contributed by atoms with Gasteiger partial charge in [0.2, 0.25) is 5.78 Å². The predicted octanol–water partition coefficient (Wildman–Crippen LogP) is 3.55. The topological polar surface area (TPSA) is 45.7 Å². The monoisotopic (exact) mass is 411 g/mol. The summed E-state index contributed by atoms with van der Waals surface area (Å²) in [5.41, 5.74) is 0.701. The summed E-state index contributed by atoms with van der Waals surface area (Å²) in [6.07, 6.45) is 3.03. The van der Waals surface area contributed by atoms with Gasteiger partial charge in [0.25, 0.3) is 0 Å². The summed E-state index contributed by atoms with van der Waals surface area (Å²) in [6.45, 7) is 8.87. The summed E-state index contributed by atoms with van der Waals surface area (Å²) in [4.78, 5) is 22.8. The molecule has 5 nitrogen and oxygen atoms in total. The maximum absolute atomic E-state index is 13.7. The molecule has 1 aromatic carbocycles. The van der Waals surface area contributed by atoms with E-state index in [0.717, 1.165) is 38.3 Å². The van der Waals surface area contributed by atoms with Crippen LogP contribution in [0.3, 0.4) is 0 Å².